The van der Waals surface area contributed by atoms with Crippen molar-refractivity contribution in [2.45, 2.75) is 6.42 Å². The quantitative estimate of drug-likeness (QED) is 0.679. The highest BCUT2D eigenvalue weighted by atomic mass is 19.1. The molecule has 0 aliphatic carbocycles. The normalized spacial score (nSPS) is 10.6. The van der Waals surface area contributed by atoms with E-state index in [1.165, 1.54) is 6.07 Å². The first-order valence-electron chi connectivity index (χ1n) is 8.23. The summed E-state index contributed by atoms with van der Waals surface area (Å²) in [5.74, 6) is -0.182. The van der Waals surface area contributed by atoms with Gasteiger partial charge in [-0.05, 0) is 28.5 Å². The van der Waals surface area contributed by atoms with Crippen LogP contribution in [0.3, 0.4) is 0 Å². The summed E-state index contributed by atoms with van der Waals surface area (Å²) in [6, 6.07) is 20.3. The Kier molecular flexibility index (Phi) is 5.29. The minimum absolute atomic E-state index is 0.00786. The second-order valence-corrected chi connectivity index (χ2v) is 5.91. The van der Waals surface area contributed by atoms with Crippen molar-refractivity contribution >= 4 is 16.7 Å². The Morgan fingerprint density at radius 2 is 1.72 bits per heavy atom. The summed E-state index contributed by atoms with van der Waals surface area (Å²) >= 11 is 0. The lowest BCUT2D eigenvalue weighted by Crippen LogP contribution is -2.32. The molecular weight excluding hydrogens is 317 g/mol. The predicted octanol–water partition coefficient (Wildman–Crippen LogP) is 4.06. The second kappa shape index (κ2) is 7.79. The van der Waals surface area contributed by atoms with E-state index in [9.17, 15) is 9.18 Å². The van der Waals surface area contributed by atoms with Crippen molar-refractivity contribution in [3.8, 4) is 5.75 Å². The van der Waals surface area contributed by atoms with Crippen LogP contribution >= 0.6 is 0 Å². The lowest BCUT2D eigenvalue weighted by molar-refractivity contribution is -0.129. The van der Waals surface area contributed by atoms with Gasteiger partial charge in [-0.2, -0.15) is 0 Å². The van der Waals surface area contributed by atoms with Gasteiger partial charge in [0.15, 0.2) is 11.6 Å². The number of halogens is 1. The van der Waals surface area contributed by atoms with Gasteiger partial charge in [0.25, 0.3) is 0 Å². The molecule has 3 aromatic rings. The summed E-state index contributed by atoms with van der Waals surface area (Å²) in [7, 11) is 1.73. The Bertz CT molecular complexity index is 873. The summed E-state index contributed by atoms with van der Waals surface area (Å²) in [5, 5.41) is 2.22. The summed E-state index contributed by atoms with van der Waals surface area (Å²) < 4.78 is 18.9. The highest BCUT2D eigenvalue weighted by molar-refractivity contribution is 5.90. The molecular formula is C21H20FNO2. The maximum Gasteiger partial charge on any atom is 0.226 e. The number of hydrogen-bond donors (Lipinski definition) is 0. The number of amides is 1. The number of carbonyl (C=O) groups is 1. The molecule has 0 saturated heterocycles. The highest BCUT2D eigenvalue weighted by Gasteiger charge is 2.12. The highest BCUT2D eigenvalue weighted by Crippen LogP contribution is 2.19. The molecule has 1 amide bonds. The van der Waals surface area contributed by atoms with Crippen LogP contribution in [0.5, 0.6) is 5.75 Å². The largest absolute Gasteiger partial charge is 0.489 e. The molecule has 0 bridgehead atoms. The topological polar surface area (TPSA) is 29.5 Å². The number of carbonyl (C=O) groups excluding carboxylic acids is 1. The van der Waals surface area contributed by atoms with Crippen molar-refractivity contribution in [2.24, 2.45) is 0 Å². The molecule has 0 fully saturated rings. The third-order valence-corrected chi connectivity index (χ3v) is 4.17. The van der Waals surface area contributed by atoms with E-state index in [0.717, 1.165) is 16.3 Å². The zero-order valence-electron chi connectivity index (χ0n) is 14.1. The first kappa shape index (κ1) is 17.0. The van der Waals surface area contributed by atoms with Crippen LogP contribution in [0.2, 0.25) is 0 Å². The number of rotatable bonds is 6. The number of para-hydroxylation sites is 1. The SMILES string of the molecule is CN(CCOc1ccccc1F)C(=O)Cc1cccc2ccccc12. The van der Waals surface area contributed by atoms with E-state index in [-0.39, 0.29) is 18.3 Å². The lowest BCUT2D eigenvalue weighted by atomic mass is 10.0. The van der Waals surface area contributed by atoms with E-state index in [4.69, 9.17) is 4.74 Å². The van der Waals surface area contributed by atoms with Crippen LogP contribution in [-0.4, -0.2) is 31.0 Å². The molecule has 0 unspecified atom stereocenters. The Morgan fingerprint density at radius 3 is 2.56 bits per heavy atom. The average Bonchev–Trinajstić information content (AvgIpc) is 2.63. The number of nitrogens with zero attached hydrogens (tertiary/aromatic N) is 1. The Labute approximate surface area is 146 Å². The second-order valence-electron chi connectivity index (χ2n) is 5.91. The molecule has 0 saturated carbocycles. The molecule has 0 radical (unpaired) electrons. The third kappa shape index (κ3) is 4.15. The Morgan fingerprint density at radius 1 is 1.00 bits per heavy atom. The van der Waals surface area contributed by atoms with Gasteiger partial charge in [-0.1, -0.05) is 54.6 Å². The van der Waals surface area contributed by atoms with E-state index in [1.54, 1.807) is 30.1 Å². The van der Waals surface area contributed by atoms with E-state index in [2.05, 4.69) is 0 Å². The first-order valence-corrected chi connectivity index (χ1v) is 8.23. The van der Waals surface area contributed by atoms with Crippen molar-refractivity contribution in [3.63, 3.8) is 0 Å². The molecule has 0 heterocycles. The van der Waals surface area contributed by atoms with Crippen LogP contribution in [0, 0.1) is 5.82 Å². The monoisotopic (exact) mass is 337 g/mol. The van der Waals surface area contributed by atoms with Gasteiger partial charge in [-0.3, -0.25) is 4.79 Å². The van der Waals surface area contributed by atoms with E-state index in [1.807, 2.05) is 42.5 Å². The predicted molar refractivity (Wildman–Crippen MR) is 97.2 cm³/mol. The summed E-state index contributed by atoms with van der Waals surface area (Å²) in [6.07, 6.45) is 0.331. The summed E-state index contributed by atoms with van der Waals surface area (Å²) in [5.41, 5.74) is 1.00. The van der Waals surface area contributed by atoms with Gasteiger partial charge in [0.1, 0.15) is 6.61 Å². The number of fused-ring (bicyclic) bond motifs is 1. The fourth-order valence-corrected chi connectivity index (χ4v) is 2.72. The average molecular weight is 337 g/mol. The molecule has 0 aliphatic rings. The zero-order valence-corrected chi connectivity index (χ0v) is 14.1. The molecule has 4 heteroatoms. The van der Waals surface area contributed by atoms with Crippen molar-refractivity contribution in [3.05, 3.63) is 78.1 Å². The van der Waals surface area contributed by atoms with Crippen molar-refractivity contribution in [1.29, 1.82) is 0 Å². The molecule has 25 heavy (non-hydrogen) atoms. The van der Waals surface area contributed by atoms with Crippen LogP contribution < -0.4 is 4.74 Å². The first-order chi connectivity index (χ1) is 12.1. The number of benzene rings is 3. The van der Waals surface area contributed by atoms with E-state index >= 15 is 0 Å². The molecule has 3 aromatic carbocycles. The van der Waals surface area contributed by atoms with Gasteiger partial charge in [-0.15, -0.1) is 0 Å². The molecule has 0 aromatic heterocycles. The maximum atomic E-state index is 13.5. The van der Waals surface area contributed by atoms with E-state index < -0.39 is 5.82 Å². The minimum atomic E-state index is -0.396. The van der Waals surface area contributed by atoms with Gasteiger partial charge in [0.05, 0.1) is 13.0 Å². The van der Waals surface area contributed by atoms with Gasteiger partial charge in [0, 0.05) is 7.05 Å². The molecule has 3 rings (SSSR count). The summed E-state index contributed by atoms with van der Waals surface area (Å²) in [4.78, 5) is 14.1. The molecule has 0 spiro atoms. The van der Waals surface area contributed by atoms with Gasteiger partial charge in [0.2, 0.25) is 5.91 Å². The molecule has 0 atom stereocenters. The molecule has 0 aliphatic heterocycles. The fraction of sp³-hybridized carbons (Fsp3) is 0.190. The number of ether oxygens (including phenoxy) is 1. The van der Waals surface area contributed by atoms with Gasteiger partial charge >= 0.3 is 0 Å². The van der Waals surface area contributed by atoms with Crippen molar-refractivity contribution < 1.29 is 13.9 Å². The van der Waals surface area contributed by atoms with Crippen LogP contribution in [-0.2, 0) is 11.2 Å². The van der Waals surface area contributed by atoms with E-state index in [0.29, 0.717) is 13.0 Å². The van der Waals surface area contributed by atoms with Crippen LogP contribution in [0.25, 0.3) is 10.8 Å². The minimum Gasteiger partial charge on any atom is -0.489 e. The third-order valence-electron chi connectivity index (χ3n) is 4.17. The molecule has 128 valence electrons. The van der Waals surface area contributed by atoms with Gasteiger partial charge < -0.3 is 9.64 Å². The smallest absolute Gasteiger partial charge is 0.226 e. The zero-order chi connectivity index (χ0) is 17.6. The number of likely N-dealkylation sites (N-methyl/N-ethyl adjacent to an activating group) is 1. The van der Waals surface area contributed by atoms with Gasteiger partial charge in [-0.25, -0.2) is 4.39 Å². The van der Waals surface area contributed by atoms with Crippen LogP contribution in [0.1, 0.15) is 5.56 Å². The van der Waals surface area contributed by atoms with Crippen molar-refractivity contribution in [1.82, 2.24) is 4.90 Å². The molecule has 0 N–H and O–H groups in total. The van der Waals surface area contributed by atoms with Crippen LogP contribution in [0.4, 0.5) is 4.39 Å². The lowest BCUT2D eigenvalue weighted by Gasteiger charge is -2.18. The van der Waals surface area contributed by atoms with Crippen molar-refractivity contribution in [2.75, 3.05) is 20.2 Å². The Balaban J connectivity index is 1.58. The van der Waals surface area contributed by atoms with Crippen LogP contribution in [0.15, 0.2) is 66.7 Å². The standard InChI is InChI=1S/C21H20FNO2/c1-23(13-14-25-20-12-5-4-11-19(20)22)21(24)15-17-9-6-8-16-7-2-3-10-18(16)17/h2-12H,13-15H2,1H3. The molecule has 3 nitrogen and oxygen atoms in total. The Hall–Kier alpha value is -2.88. The number of hydrogen-bond acceptors (Lipinski definition) is 2. The maximum absolute atomic E-state index is 13.5. The fourth-order valence-electron chi connectivity index (χ4n) is 2.72. The summed E-state index contributed by atoms with van der Waals surface area (Å²) in [6.45, 7) is 0.649.